The minimum atomic E-state index is -0.581. The van der Waals surface area contributed by atoms with Gasteiger partial charge in [0.05, 0.1) is 0 Å². The second-order valence-electron chi connectivity index (χ2n) is 10.4. The molecule has 3 N–H and O–H groups in total. The Kier molecular flexibility index (Phi) is 8.73. The minimum Gasteiger partial charge on any atom is -0.343 e. The molecule has 198 valence electrons. The maximum atomic E-state index is 13.3. The van der Waals surface area contributed by atoms with Crippen LogP contribution in [0.1, 0.15) is 44.6 Å². The molecule has 4 rings (SSSR count). The van der Waals surface area contributed by atoms with E-state index < -0.39 is 6.29 Å². The van der Waals surface area contributed by atoms with Crippen molar-refractivity contribution in [1.29, 1.82) is 0 Å². The number of hydrazine groups is 1. The highest BCUT2D eigenvalue weighted by Gasteiger charge is 2.36. The molecule has 3 aliphatic rings. The summed E-state index contributed by atoms with van der Waals surface area (Å²) in [7, 11) is 3.59. The van der Waals surface area contributed by atoms with Crippen molar-refractivity contribution in [2.24, 2.45) is 22.2 Å². The molecule has 10 nitrogen and oxygen atoms in total. The van der Waals surface area contributed by atoms with Gasteiger partial charge in [-0.1, -0.05) is 17.4 Å². The molecule has 0 aromatic heterocycles. The Morgan fingerprint density at radius 3 is 2.67 bits per heavy atom. The number of carbonyl (C=O) groups is 2. The predicted molar refractivity (Wildman–Crippen MR) is 134 cm³/mol. The molecule has 0 radical (unpaired) electrons. The van der Waals surface area contributed by atoms with E-state index in [2.05, 4.69) is 31.3 Å². The van der Waals surface area contributed by atoms with Gasteiger partial charge >= 0.3 is 6.03 Å². The van der Waals surface area contributed by atoms with Crippen LogP contribution in [-0.2, 0) is 11.2 Å². The van der Waals surface area contributed by atoms with E-state index in [4.69, 9.17) is 0 Å². The van der Waals surface area contributed by atoms with Gasteiger partial charge in [-0.05, 0) is 74.6 Å². The van der Waals surface area contributed by atoms with E-state index in [1.165, 1.54) is 22.8 Å². The first-order chi connectivity index (χ1) is 17.3. The monoisotopic (exact) mass is 502 g/mol. The van der Waals surface area contributed by atoms with Gasteiger partial charge in [-0.2, -0.15) is 5.43 Å². The number of amides is 3. The Morgan fingerprint density at radius 1 is 1.19 bits per heavy atom. The number of nitrogens with one attached hydrogen (secondary N) is 3. The lowest BCUT2D eigenvalue weighted by molar-refractivity contribution is -0.130. The van der Waals surface area contributed by atoms with Gasteiger partial charge in [-0.3, -0.25) is 4.79 Å². The second-order valence-corrected chi connectivity index (χ2v) is 10.4. The van der Waals surface area contributed by atoms with E-state index in [9.17, 15) is 14.0 Å². The van der Waals surface area contributed by atoms with Crippen molar-refractivity contribution in [3.05, 3.63) is 35.6 Å². The molecule has 11 heteroatoms. The first-order valence-corrected chi connectivity index (χ1v) is 12.9. The lowest BCUT2D eigenvalue weighted by atomic mass is 9.80. The summed E-state index contributed by atoms with van der Waals surface area (Å²) < 4.78 is 13.3. The zero-order chi connectivity index (χ0) is 25.7. The fourth-order valence-electron chi connectivity index (χ4n) is 5.76. The van der Waals surface area contributed by atoms with Crippen LogP contribution in [0.25, 0.3) is 0 Å². The number of nitrogens with zero attached hydrogens (tertiary/aromatic N) is 5. The highest BCUT2D eigenvalue weighted by Crippen LogP contribution is 2.30. The van der Waals surface area contributed by atoms with Crippen LogP contribution >= 0.6 is 0 Å². The number of halogens is 1. The number of benzene rings is 1. The molecule has 0 bridgehead atoms. The highest BCUT2D eigenvalue weighted by atomic mass is 19.1. The number of rotatable bonds is 7. The van der Waals surface area contributed by atoms with Gasteiger partial charge in [0.25, 0.3) is 0 Å². The molecule has 1 aromatic rings. The summed E-state index contributed by atoms with van der Waals surface area (Å²) >= 11 is 0. The van der Waals surface area contributed by atoms with Crippen LogP contribution in [0.5, 0.6) is 0 Å². The second kappa shape index (κ2) is 12.0. The van der Waals surface area contributed by atoms with Crippen molar-refractivity contribution in [3.63, 3.8) is 0 Å². The van der Waals surface area contributed by atoms with Gasteiger partial charge in [0.2, 0.25) is 12.2 Å². The molecule has 2 heterocycles. The smallest absolute Gasteiger partial charge is 0.317 e. The molecule has 1 aromatic carbocycles. The van der Waals surface area contributed by atoms with Crippen molar-refractivity contribution in [2.45, 2.75) is 63.8 Å². The fraction of sp³-hybridized carbons (Fsp3) is 0.680. The summed E-state index contributed by atoms with van der Waals surface area (Å²) in [6.07, 6.45) is 5.17. The van der Waals surface area contributed by atoms with Crippen molar-refractivity contribution in [1.82, 2.24) is 31.0 Å². The maximum absolute atomic E-state index is 13.3. The van der Waals surface area contributed by atoms with Crippen molar-refractivity contribution >= 4 is 11.9 Å². The predicted octanol–water partition coefficient (Wildman–Crippen LogP) is 2.50. The molecule has 36 heavy (non-hydrogen) atoms. The van der Waals surface area contributed by atoms with Crippen LogP contribution in [0.4, 0.5) is 9.18 Å². The molecule has 3 amide bonds. The Balaban J connectivity index is 1.37. The van der Waals surface area contributed by atoms with Gasteiger partial charge in [0.15, 0.2) is 0 Å². The SMILES string of the molecule is CC(=O)N(C)[C@@H]1CCC(NC(=O)NC2N=NN(C)N2)[C@H](CN2CCC[C@@H](Cc3ccc(F)cc3)C2)C1. The molecule has 2 unspecified atom stereocenters. The topological polar surface area (TPSA) is 105 Å². The summed E-state index contributed by atoms with van der Waals surface area (Å²) in [5.74, 6) is 0.616. The first-order valence-electron chi connectivity index (χ1n) is 12.9. The molecule has 2 fully saturated rings. The van der Waals surface area contributed by atoms with Crippen LogP contribution in [-0.4, -0.2) is 79.0 Å². The molecule has 2 aliphatic heterocycles. The van der Waals surface area contributed by atoms with Gasteiger partial charge in [0, 0.05) is 46.2 Å². The normalized spacial score (nSPS) is 28.7. The van der Waals surface area contributed by atoms with Gasteiger partial charge in [-0.15, -0.1) is 5.11 Å². The number of urea groups is 1. The van der Waals surface area contributed by atoms with Gasteiger partial charge < -0.3 is 20.4 Å². The standard InChI is InChI=1S/C25H39FN8O2/c1-17(35)32(2)22-10-11-23(27-25(36)28-24-29-31-33(3)30-24)20(14-22)16-34-12-4-5-19(15-34)13-18-6-8-21(26)9-7-18/h6-9,19-20,22-24,30H,4-5,10-16H2,1-3H3,(H2,27,28,36)/t19-,20-,22+,23?,24?/m0/s1. The third-order valence-corrected chi connectivity index (χ3v) is 7.73. The summed E-state index contributed by atoms with van der Waals surface area (Å²) in [5, 5.41) is 15.2. The number of likely N-dealkylation sites (tertiary alicyclic amines) is 1. The lowest BCUT2D eigenvalue weighted by Crippen LogP contribution is -2.56. The van der Waals surface area contributed by atoms with Crippen LogP contribution in [0.3, 0.4) is 0 Å². The van der Waals surface area contributed by atoms with Gasteiger partial charge in [-0.25, -0.2) is 14.3 Å². The molecule has 1 saturated carbocycles. The Labute approximate surface area is 212 Å². The van der Waals surface area contributed by atoms with E-state index in [-0.39, 0.29) is 35.8 Å². The summed E-state index contributed by atoms with van der Waals surface area (Å²) in [6, 6.07) is 6.74. The fourth-order valence-corrected chi connectivity index (χ4v) is 5.76. The highest BCUT2D eigenvalue weighted by molar-refractivity contribution is 5.74. The quantitative estimate of drug-likeness (QED) is 0.532. The van der Waals surface area contributed by atoms with Crippen molar-refractivity contribution in [3.8, 4) is 0 Å². The van der Waals surface area contributed by atoms with Crippen molar-refractivity contribution in [2.75, 3.05) is 33.7 Å². The van der Waals surface area contributed by atoms with E-state index in [0.29, 0.717) is 5.92 Å². The molecule has 0 spiro atoms. The molecule has 5 atom stereocenters. The molecular formula is C25H39FN8O2. The van der Waals surface area contributed by atoms with E-state index in [0.717, 1.165) is 58.2 Å². The minimum absolute atomic E-state index is 0.00940. The molecule has 1 saturated heterocycles. The van der Waals surface area contributed by atoms with Crippen LogP contribution in [0, 0.1) is 17.7 Å². The summed E-state index contributed by atoms with van der Waals surface area (Å²) in [5.41, 5.74) is 4.09. The molecular weight excluding hydrogens is 463 g/mol. The third kappa shape index (κ3) is 7.13. The van der Waals surface area contributed by atoms with E-state index in [1.807, 2.05) is 24.1 Å². The average Bonchev–Trinajstić information content (AvgIpc) is 3.25. The Hall–Kier alpha value is -2.79. The Bertz CT molecular complexity index is 929. The van der Waals surface area contributed by atoms with Crippen LogP contribution < -0.4 is 16.1 Å². The number of hydrogen-bond acceptors (Lipinski definition) is 7. The lowest BCUT2D eigenvalue weighted by Gasteiger charge is -2.43. The van der Waals surface area contributed by atoms with Crippen LogP contribution in [0.15, 0.2) is 34.6 Å². The number of piperidine rings is 1. The average molecular weight is 503 g/mol. The third-order valence-electron chi connectivity index (χ3n) is 7.73. The first kappa shape index (κ1) is 26.3. The molecule has 1 aliphatic carbocycles. The van der Waals surface area contributed by atoms with Gasteiger partial charge in [0.1, 0.15) is 5.82 Å². The van der Waals surface area contributed by atoms with E-state index in [1.54, 1.807) is 14.0 Å². The van der Waals surface area contributed by atoms with Crippen LogP contribution in [0.2, 0.25) is 0 Å². The Morgan fingerprint density at radius 2 is 1.97 bits per heavy atom. The number of carbonyl (C=O) groups excluding carboxylic acids is 2. The maximum Gasteiger partial charge on any atom is 0.317 e. The summed E-state index contributed by atoms with van der Waals surface area (Å²) in [6.45, 7) is 4.49. The van der Waals surface area contributed by atoms with E-state index >= 15 is 0 Å². The zero-order valence-corrected chi connectivity index (χ0v) is 21.5. The largest absolute Gasteiger partial charge is 0.343 e. The number of hydrogen-bond donors (Lipinski definition) is 3. The van der Waals surface area contributed by atoms with Crippen molar-refractivity contribution < 1.29 is 14.0 Å². The zero-order valence-electron chi connectivity index (χ0n) is 21.5. The summed E-state index contributed by atoms with van der Waals surface area (Å²) in [4.78, 5) is 29.1.